The molecule has 0 aliphatic carbocycles. The van der Waals surface area contributed by atoms with Crippen molar-refractivity contribution in [1.82, 2.24) is 9.97 Å². The highest BCUT2D eigenvalue weighted by Crippen LogP contribution is 2.39. The second-order valence-electron chi connectivity index (χ2n) is 13.9. The van der Waals surface area contributed by atoms with Gasteiger partial charge in [0.05, 0.1) is 49.8 Å². The van der Waals surface area contributed by atoms with Crippen LogP contribution in [0.1, 0.15) is 10.5 Å². The van der Waals surface area contributed by atoms with Gasteiger partial charge in [0, 0.05) is 44.0 Å². The van der Waals surface area contributed by atoms with E-state index in [1.165, 1.54) is 48.7 Å². The Bertz CT molecular complexity index is 3780. The molecule has 0 bridgehead atoms. The van der Waals surface area contributed by atoms with Crippen LogP contribution in [0, 0.1) is 0 Å². The fraction of sp³-hybridized carbons (Fsp3) is 0. The molecule has 2 heterocycles. The Balaban J connectivity index is 0.000000169. The van der Waals surface area contributed by atoms with E-state index >= 15 is 0 Å². The molecule has 20 N–H and O–H groups in total. The Hall–Kier alpha value is -7.83. The number of fused-ring (bicyclic) bond motifs is 4. The average molecular weight is 1000 g/mol. The summed E-state index contributed by atoms with van der Waals surface area (Å²) in [6.07, 6.45) is 1.48. The molecule has 67 heavy (non-hydrogen) atoms. The lowest BCUT2D eigenvalue weighted by Crippen LogP contribution is -2.06. The summed E-state index contributed by atoms with van der Waals surface area (Å²) in [4.78, 5) is 16.8. The second-order valence-corrected chi connectivity index (χ2v) is 19.5. The Morgan fingerprint density at radius 1 is 0.478 bits per heavy atom. The van der Waals surface area contributed by atoms with Gasteiger partial charge >= 0.3 is 5.97 Å². The third-order valence-electron chi connectivity index (χ3n) is 9.27. The van der Waals surface area contributed by atoms with Crippen molar-refractivity contribution in [2.45, 2.75) is 19.6 Å². The largest absolute Gasteiger partial charge is 0.505 e. The van der Waals surface area contributed by atoms with Crippen LogP contribution in [-0.2, 0) is 40.5 Å². The topological polar surface area (TPSA) is 483 Å². The molecule has 0 fully saturated rings. The number of hydrogen-bond donors (Lipinski definition) is 13. The quantitative estimate of drug-likeness (QED) is 0.0665. The Morgan fingerprint density at radius 2 is 0.985 bits per heavy atom. The van der Waals surface area contributed by atoms with E-state index in [9.17, 15) is 43.6 Å². The number of benzene rings is 6. The molecule has 8 aromatic rings. The number of carbonyl (C=O) groups is 1. The number of carboxylic acid groups (broad SMARTS) is 1. The molecule has 2 aromatic heterocycles. The molecule has 8 rings (SSSR count). The number of nitrogens with two attached hydrogens (primary N) is 7. The number of phenolic OH excluding ortho intramolecular Hbond substituents is 1. The van der Waals surface area contributed by atoms with E-state index in [-0.39, 0.29) is 31.9 Å². The molecular formula is C39H37N9O15S4. The first kappa shape index (κ1) is 50.2. The van der Waals surface area contributed by atoms with Crippen LogP contribution in [0.15, 0.2) is 123 Å². The first-order valence-corrected chi connectivity index (χ1v) is 23.8. The van der Waals surface area contributed by atoms with Crippen LogP contribution in [0.2, 0.25) is 0 Å². The molecule has 352 valence electrons. The van der Waals surface area contributed by atoms with Crippen LogP contribution < -0.4 is 40.1 Å². The number of phenols is 1. The van der Waals surface area contributed by atoms with Gasteiger partial charge in [0.15, 0.2) is 0 Å². The summed E-state index contributed by atoms with van der Waals surface area (Å²) in [6, 6.07) is 22.1. The monoisotopic (exact) mass is 999 g/mol. The zero-order chi connectivity index (χ0) is 50.1. The molecule has 0 amide bonds. The first-order chi connectivity index (χ1) is 30.9. The predicted molar refractivity (Wildman–Crippen MR) is 250 cm³/mol. The molecule has 0 saturated carbocycles. The molecule has 0 spiro atoms. The van der Waals surface area contributed by atoms with Gasteiger partial charge < -0.3 is 50.3 Å². The van der Waals surface area contributed by atoms with Crippen molar-refractivity contribution >= 4 is 130 Å². The van der Waals surface area contributed by atoms with Crippen molar-refractivity contribution in [2.75, 3.05) is 40.1 Å². The Morgan fingerprint density at radius 3 is 1.55 bits per heavy atom. The van der Waals surface area contributed by atoms with E-state index in [0.29, 0.717) is 61.0 Å². The third-order valence-corrected chi connectivity index (χ3v) is 12.8. The number of aromatic carboxylic acids is 1. The summed E-state index contributed by atoms with van der Waals surface area (Å²) in [5.74, 6) is -1.77. The lowest BCUT2D eigenvalue weighted by Gasteiger charge is -2.11. The number of pyridine rings is 2. The highest BCUT2D eigenvalue weighted by molar-refractivity contribution is 7.86. The SMILES string of the molecule is Nc1cc2c(O)c(N)c(S(=O)(=O)O)cc2cc1S(=O)(=O)O.Nc1ccc(N)c2cc(S(=O)(=O)O)ccc12.Nc1ccc(N)c2nc(C(=O)O)ccc12.Nc1cnc2ccc(S(=O)(=O)O)cc2c1. The van der Waals surface area contributed by atoms with E-state index in [4.69, 9.17) is 63.5 Å². The van der Waals surface area contributed by atoms with Gasteiger partial charge in [-0.1, -0.05) is 6.07 Å². The van der Waals surface area contributed by atoms with E-state index in [0.717, 1.165) is 18.2 Å². The number of hydrogen-bond acceptors (Lipinski definition) is 19. The van der Waals surface area contributed by atoms with E-state index in [1.807, 2.05) is 0 Å². The molecule has 0 saturated heterocycles. The second kappa shape index (κ2) is 18.6. The van der Waals surface area contributed by atoms with Crippen LogP contribution in [0.4, 0.5) is 39.8 Å². The van der Waals surface area contributed by atoms with Gasteiger partial charge in [-0.2, -0.15) is 33.7 Å². The van der Waals surface area contributed by atoms with Crippen molar-refractivity contribution in [3.05, 3.63) is 109 Å². The van der Waals surface area contributed by atoms with Crippen LogP contribution in [0.25, 0.3) is 43.4 Å². The molecule has 0 radical (unpaired) electrons. The molecule has 0 aliphatic rings. The summed E-state index contributed by atoms with van der Waals surface area (Å²) in [7, 11) is -17.8. The maximum Gasteiger partial charge on any atom is 0.354 e. The lowest BCUT2D eigenvalue weighted by molar-refractivity contribution is 0.0690. The summed E-state index contributed by atoms with van der Waals surface area (Å²) >= 11 is 0. The van der Waals surface area contributed by atoms with E-state index in [2.05, 4.69) is 9.97 Å². The first-order valence-electron chi connectivity index (χ1n) is 18.0. The van der Waals surface area contributed by atoms with Crippen molar-refractivity contribution in [3.8, 4) is 5.75 Å². The minimum atomic E-state index is -4.73. The number of rotatable bonds is 5. The minimum absolute atomic E-state index is 0.0372. The highest BCUT2D eigenvalue weighted by Gasteiger charge is 2.23. The van der Waals surface area contributed by atoms with Crippen LogP contribution >= 0.6 is 0 Å². The number of nitrogen functional groups attached to an aromatic ring is 7. The summed E-state index contributed by atoms with van der Waals surface area (Å²) < 4.78 is 124. The Labute approximate surface area is 379 Å². The van der Waals surface area contributed by atoms with Gasteiger partial charge in [-0.05, 0) is 96.4 Å². The summed E-state index contributed by atoms with van der Waals surface area (Å²) in [5.41, 5.74) is 41.5. The molecule has 0 atom stereocenters. The molecule has 24 nitrogen and oxygen atoms in total. The standard InChI is InChI=1S/C10H9N3O2.C10H10N2O7S2.C10H10N2O3S.C9H8N2O3S/c11-6-2-3-7(12)9-5(6)1-4-8(13-9)10(14)15;11-6-3-5-4(1-7(6)20(14,15)16)2-8(21(17,18)19)9(12)10(5)13;11-9-3-4-10(12)8-5-6(16(13,14)15)1-2-7(8)9;10-7-3-6-4-8(15(12,13)14)1-2-9(6)11-5-7/h1-4H,11-12H2,(H,14,15);1-3,13H,11-12H2,(H,14,15,16)(H,17,18,19);1-5H,11-12H2,(H,13,14,15);1-5H,10H2,(H,12,13,14). The molecular weight excluding hydrogens is 963 g/mol. The van der Waals surface area contributed by atoms with Gasteiger partial charge in [-0.15, -0.1) is 0 Å². The molecule has 0 unspecified atom stereocenters. The van der Waals surface area contributed by atoms with Crippen molar-refractivity contribution in [1.29, 1.82) is 0 Å². The maximum atomic E-state index is 11.2. The van der Waals surface area contributed by atoms with Gasteiger partial charge in [-0.25, -0.2) is 9.78 Å². The van der Waals surface area contributed by atoms with Crippen molar-refractivity contribution in [3.63, 3.8) is 0 Å². The number of carboxylic acids is 1. The van der Waals surface area contributed by atoms with Crippen LogP contribution in [-0.4, -0.2) is 78.0 Å². The maximum absolute atomic E-state index is 11.2. The van der Waals surface area contributed by atoms with E-state index < -0.39 is 67.7 Å². The zero-order valence-corrected chi connectivity index (χ0v) is 37.0. The fourth-order valence-corrected chi connectivity index (χ4v) is 8.36. The minimum Gasteiger partial charge on any atom is -0.505 e. The van der Waals surface area contributed by atoms with E-state index in [1.54, 1.807) is 36.4 Å². The van der Waals surface area contributed by atoms with Crippen molar-refractivity contribution in [2.24, 2.45) is 0 Å². The molecule has 28 heteroatoms. The number of nitrogens with zero attached hydrogens (tertiary/aromatic N) is 2. The smallest absolute Gasteiger partial charge is 0.354 e. The molecule has 0 aliphatic heterocycles. The predicted octanol–water partition coefficient (Wildman–Crippen LogP) is 3.62. The number of aromatic nitrogens is 2. The summed E-state index contributed by atoms with van der Waals surface area (Å²) in [6.45, 7) is 0. The van der Waals surface area contributed by atoms with Crippen LogP contribution in [0.5, 0.6) is 5.75 Å². The molecule has 6 aromatic carbocycles. The van der Waals surface area contributed by atoms with Crippen LogP contribution in [0.3, 0.4) is 0 Å². The van der Waals surface area contributed by atoms with Gasteiger partial charge in [-0.3, -0.25) is 23.2 Å². The van der Waals surface area contributed by atoms with Gasteiger partial charge in [0.25, 0.3) is 40.5 Å². The Kier molecular flexibility index (Phi) is 13.9. The normalized spacial score (nSPS) is 11.8. The number of anilines is 7. The fourth-order valence-electron chi connectivity index (χ4n) is 6.05. The zero-order valence-electron chi connectivity index (χ0n) is 33.7. The van der Waals surface area contributed by atoms with Gasteiger partial charge in [0.1, 0.15) is 21.2 Å². The lowest BCUT2D eigenvalue weighted by atomic mass is 10.1. The third kappa shape index (κ3) is 11.5. The average Bonchev–Trinajstić information content (AvgIpc) is 3.23. The highest BCUT2D eigenvalue weighted by atomic mass is 32.2. The number of aromatic hydroxyl groups is 1. The summed E-state index contributed by atoms with van der Waals surface area (Å²) in [5, 5.41) is 20.9. The van der Waals surface area contributed by atoms with Crippen molar-refractivity contribution < 1.29 is 66.9 Å². The van der Waals surface area contributed by atoms with Gasteiger partial charge in [0.2, 0.25) is 0 Å².